The van der Waals surface area contributed by atoms with Crippen LogP contribution in [0.4, 0.5) is 5.82 Å². The van der Waals surface area contributed by atoms with Crippen LogP contribution in [0.1, 0.15) is 57.1 Å². The van der Waals surface area contributed by atoms with E-state index in [-0.39, 0.29) is 18.6 Å². The third kappa shape index (κ3) is 6.33. The second-order valence-electron chi connectivity index (χ2n) is 10.2. The third-order valence-electron chi connectivity index (χ3n) is 6.31. The van der Waals surface area contributed by atoms with Gasteiger partial charge < -0.3 is 24.6 Å². The minimum absolute atomic E-state index is 0.0131. The number of benzene rings is 1. The van der Waals surface area contributed by atoms with E-state index in [0.29, 0.717) is 29.2 Å². The molecule has 34 heavy (non-hydrogen) atoms. The van der Waals surface area contributed by atoms with Crippen LogP contribution < -0.4 is 19.7 Å². The highest BCUT2D eigenvalue weighted by molar-refractivity contribution is 6.34. The summed E-state index contributed by atoms with van der Waals surface area (Å²) in [6.07, 6.45) is 4.38. The number of pyridine rings is 1. The Kier molecular flexibility index (Phi) is 7.57. The van der Waals surface area contributed by atoms with Crippen LogP contribution in [-0.2, 0) is 0 Å². The molecule has 0 spiro atoms. The Morgan fingerprint density at radius 3 is 2.59 bits per heavy atom. The first kappa shape index (κ1) is 25.0. The van der Waals surface area contributed by atoms with Gasteiger partial charge in [0.1, 0.15) is 35.5 Å². The molecule has 1 aromatic heterocycles. The van der Waals surface area contributed by atoms with Gasteiger partial charge in [-0.1, -0.05) is 30.7 Å². The molecule has 7 nitrogen and oxygen atoms in total. The van der Waals surface area contributed by atoms with Crippen LogP contribution in [0.5, 0.6) is 11.5 Å². The van der Waals surface area contributed by atoms with Crippen LogP contribution in [0.3, 0.4) is 0 Å². The Bertz CT molecular complexity index is 975. The zero-order valence-corrected chi connectivity index (χ0v) is 21.2. The second kappa shape index (κ2) is 10.3. The Hall–Kier alpha value is -2.06. The standard InChI is InChI=1S/C26H36ClN3O4/c1-16-13-28-24(22(27)23(16)33-15-26(3,4)32)30-12-11-21(14-30)34-20-9-5-18(6-10-20)17(2)25(31)29-19-7-8-19/h5-6,9-10,13,17,19,21,25,29,31-32H,7-8,11-12,14-15H2,1-4H3. The van der Waals surface area contributed by atoms with Gasteiger partial charge in [-0.05, 0) is 51.3 Å². The van der Waals surface area contributed by atoms with Crippen molar-refractivity contribution in [3.8, 4) is 11.5 Å². The molecule has 1 saturated carbocycles. The molecule has 2 aliphatic rings. The molecule has 1 saturated heterocycles. The number of halogens is 1. The first-order chi connectivity index (χ1) is 16.1. The van der Waals surface area contributed by atoms with Gasteiger partial charge in [0, 0.05) is 36.7 Å². The first-order valence-electron chi connectivity index (χ1n) is 12.1. The predicted octanol–water partition coefficient (Wildman–Crippen LogP) is 4.02. The number of aryl methyl sites for hydroxylation is 1. The van der Waals surface area contributed by atoms with Crippen molar-refractivity contribution in [2.45, 2.75) is 76.9 Å². The number of anilines is 1. The zero-order valence-electron chi connectivity index (χ0n) is 20.4. The number of nitrogens with one attached hydrogen (secondary N) is 1. The van der Waals surface area contributed by atoms with E-state index in [9.17, 15) is 10.2 Å². The van der Waals surface area contributed by atoms with Crippen molar-refractivity contribution in [1.82, 2.24) is 10.3 Å². The van der Waals surface area contributed by atoms with E-state index in [4.69, 9.17) is 21.1 Å². The van der Waals surface area contributed by atoms with Gasteiger partial charge in [-0.2, -0.15) is 0 Å². The molecule has 0 amide bonds. The van der Waals surface area contributed by atoms with E-state index in [1.807, 2.05) is 38.1 Å². The molecule has 3 atom stereocenters. The average molecular weight is 490 g/mol. The van der Waals surface area contributed by atoms with Crippen LogP contribution >= 0.6 is 11.6 Å². The molecule has 3 N–H and O–H groups in total. The number of aliphatic hydroxyl groups excluding tert-OH is 1. The van der Waals surface area contributed by atoms with Crippen LogP contribution in [0.25, 0.3) is 0 Å². The van der Waals surface area contributed by atoms with Crippen molar-refractivity contribution in [1.29, 1.82) is 0 Å². The molecule has 2 fully saturated rings. The summed E-state index contributed by atoms with van der Waals surface area (Å²) >= 11 is 6.66. The van der Waals surface area contributed by atoms with Crippen LogP contribution in [0.2, 0.25) is 5.02 Å². The van der Waals surface area contributed by atoms with Gasteiger partial charge in [0.15, 0.2) is 5.82 Å². The van der Waals surface area contributed by atoms with Crippen molar-refractivity contribution in [3.05, 3.63) is 46.6 Å². The van der Waals surface area contributed by atoms with E-state index in [0.717, 1.165) is 42.7 Å². The summed E-state index contributed by atoms with van der Waals surface area (Å²) in [5.41, 5.74) is 0.956. The summed E-state index contributed by atoms with van der Waals surface area (Å²) in [7, 11) is 0. The fraction of sp³-hybridized carbons (Fsp3) is 0.577. The maximum atomic E-state index is 10.4. The first-order valence-corrected chi connectivity index (χ1v) is 12.4. The number of nitrogens with zero attached hydrogens (tertiary/aromatic N) is 2. The maximum Gasteiger partial charge on any atom is 0.151 e. The Balaban J connectivity index is 1.35. The summed E-state index contributed by atoms with van der Waals surface area (Å²) in [5.74, 6) is 2.05. The van der Waals surface area contributed by atoms with Crippen molar-refractivity contribution in [2.75, 3.05) is 24.6 Å². The van der Waals surface area contributed by atoms with Gasteiger partial charge >= 0.3 is 0 Å². The molecule has 8 heteroatoms. The van der Waals surface area contributed by atoms with E-state index in [1.165, 1.54) is 0 Å². The summed E-state index contributed by atoms with van der Waals surface area (Å²) < 4.78 is 12.1. The number of aliphatic hydroxyl groups is 2. The van der Waals surface area contributed by atoms with Crippen molar-refractivity contribution in [2.24, 2.45) is 0 Å². The lowest BCUT2D eigenvalue weighted by Gasteiger charge is -2.23. The fourth-order valence-electron chi connectivity index (χ4n) is 4.07. The number of aromatic nitrogens is 1. The molecule has 4 rings (SSSR count). The van der Waals surface area contributed by atoms with Gasteiger partial charge in [0.2, 0.25) is 0 Å². The Morgan fingerprint density at radius 1 is 1.24 bits per heavy atom. The monoisotopic (exact) mass is 489 g/mol. The Labute approximate surface area is 207 Å². The Morgan fingerprint density at radius 2 is 1.94 bits per heavy atom. The van der Waals surface area contributed by atoms with Gasteiger partial charge in [-0.3, -0.25) is 5.32 Å². The molecular formula is C26H36ClN3O4. The maximum absolute atomic E-state index is 10.4. The number of hydrogen-bond acceptors (Lipinski definition) is 7. The van der Waals surface area contributed by atoms with Crippen molar-refractivity contribution in [3.63, 3.8) is 0 Å². The quantitative estimate of drug-likeness (QED) is 0.434. The SMILES string of the molecule is Cc1cnc(N2CCC(Oc3ccc(C(C)C(O)NC4CC4)cc3)C2)c(Cl)c1OCC(C)(C)O. The topological polar surface area (TPSA) is 87.1 Å². The molecule has 1 aliphatic heterocycles. The van der Waals surface area contributed by atoms with Crippen LogP contribution in [0.15, 0.2) is 30.5 Å². The second-order valence-corrected chi connectivity index (χ2v) is 10.6. The van der Waals surface area contributed by atoms with Crippen LogP contribution in [0, 0.1) is 6.92 Å². The predicted molar refractivity (Wildman–Crippen MR) is 134 cm³/mol. The van der Waals surface area contributed by atoms with Crippen molar-refractivity contribution >= 4 is 17.4 Å². The van der Waals surface area contributed by atoms with E-state index >= 15 is 0 Å². The summed E-state index contributed by atoms with van der Waals surface area (Å²) in [5, 5.41) is 24.1. The smallest absolute Gasteiger partial charge is 0.151 e. The van der Waals surface area contributed by atoms with E-state index in [2.05, 4.69) is 15.2 Å². The summed E-state index contributed by atoms with van der Waals surface area (Å²) in [6, 6.07) is 8.45. The summed E-state index contributed by atoms with van der Waals surface area (Å²) in [4.78, 5) is 6.66. The number of rotatable bonds is 10. The van der Waals surface area contributed by atoms with Crippen LogP contribution in [-0.4, -0.2) is 58.9 Å². The molecule has 0 radical (unpaired) electrons. The third-order valence-corrected chi connectivity index (χ3v) is 6.66. The highest BCUT2D eigenvalue weighted by atomic mass is 35.5. The van der Waals surface area contributed by atoms with Gasteiger partial charge in [0.05, 0.1) is 12.1 Å². The van der Waals surface area contributed by atoms with Gasteiger partial charge in [-0.15, -0.1) is 0 Å². The molecular weight excluding hydrogens is 454 g/mol. The van der Waals surface area contributed by atoms with E-state index < -0.39 is 11.8 Å². The molecule has 0 bridgehead atoms. The molecule has 1 aliphatic carbocycles. The largest absolute Gasteiger partial charge is 0.489 e. The fourth-order valence-corrected chi connectivity index (χ4v) is 4.44. The molecule has 2 heterocycles. The lowest BCUT2D eigenvalue weighted by atomic mass is 9.99. The molecule has 2 aromatic rings. The normalized spacial score (nSPS) is 20.3. The molecule has 186 valence electrons. The zero-order chi connectivity index (χ0) is 24.5. The number of hydrogen-bond donors (Lipinski definition) is 3. The average Bonchev–Trinajstić information content (AvgIpc) is 3.48. The van der Waals surface area contributed by atoms with Gasteiger partial charge in [0.25, 0.3) is 0 Å². The highest BCUT2D eigenvalue weighted by Gasteiger charge is 2.29. The van der Waals surface area contributed by atoms with E-state index in [1.54, 1.807) is 20.0 Å². The lowest BCUT2D eigenvalue weighted by molar-refractivity contribution is 0.0283. The minimum atomic E-state index is -0.953. The highest BCUT2D eigenvalue weighted by Crippen LogP contribution is 2.37. The minimum Gasteiger partial charge on any atom is -0.489 e. The molecule has 3 unspecified atom stereocenters. The lowest BCUT2D eigenvalue weighted by Crippen LogP contribution is -2.35. The number of ether oxygens (including phenoxy) is 2. The summed E-state index contributed by atoms with van der Waals surface area (Å²) in [6.45, 7) is 8.90. The van der Waals surface area contributed by atoms with Gasteiger partial charge in [-0.25, -0.2) is 4.98 Å². The molecule has 1 aromatic carbocycles. The van der Waals surface area contributed by atoms with Crippen molar-refractivity contribution < 1.29 is 19.7 Å².